The number of hydrogen-bond acceptors (Lipinski definition) is 3. The maximum absolute atomic E-state index is 12.4. The summed E-state index contributed by atoms with van der Waals surface area (Å²) in [5.41, 5.74) is 2.62. The molecule has 0 aliphatic heterocycles. The molecule has 0 aliphatic rings. The molecule has 1 N–H and O–H groups in total. The molecule has 0 fully saturated rings. The molecule has 0 radical (unpaired) electrons. The molecule has 2 aromatic rings. The van der Waals surface area contributed by atoms with Crippen LogP contribution in [-0.2, 0) is 10.2 Å². The van der Waals surface area contributed by atoms with Crippen LogP contribution in [0, 0.1) is 0 Å². The standard InChI is InChI=1S/C24H33ClN2O2/c1-6-27(7-2)21(18-12-14-19(15-13-18)24(3,4)5)16-26-23(28)17-29-22-11-9-8-10-20(22)25/h8-15,21H,6-7,16-17H2,1-5H3,(H,26,28)/t21-/m1/s1. The number of carbonyl (C=O) groups excluding carboxylic acids is 1. The maximum Gasteiger partial charge on any atom is 0.258 e. The second kappa shape index (κ2) is 10.7. The van der Waals surface area contributed by atoms with Crippen molar-refractivity contribution in [3.05, 3.63) is 64.7 Å². The first kappa shape index (κ1) is 23.2. The van der Waals surface area contributed by atoms with E-state index in [-0.39, 0.29) is 24.0 Å². The molecule has 1 amide bonds. The van der Waals surface area contributed by atoms with Crippen molar-refractivity contribution >= 4 is 17.5 Å². The average Bonchev–Trinajstić information content (AvgIpc) is 2.70. The number of rotatable bonds is 9. The first-order chi connectivity index (χ1) is 13.8. The lowest BCUT2D eigenvalue weighted by Gasteiger charge is -2.31. The van der Waals surface area contributed by atoms with Gasteiger partial charge in [0.2, 0.25) is 0 Å². The third-order valence-electron chi connectivity index (χ3n) is 5.10. The van der Waals surface area contributed by atoms with E-state index in [1.165, 1.54) is 11.1 Å². The van der Waals surface area contributed by atoms with Gasteiger partial charge in [-0.05, 0) is 41.8 Å². The first-order valence-electron chi connectivity index (χ1n) is 10.2. The summed E-state index contributed by atoms with van der Waals surface area (Å²) in [6.07, 6.45) is 0. The van der Waals surface area contributed by atoms with E-state index in [2.05, 4.69) is 69.1 Å². The molecular formula is C24H33ClN2O2. The smallest absolute Gasteiger partial charge is 0.258 e. The Kier molecular flexibility index (Phi) is 8.54. The van der Waals surface area contributed by atoms with Crippen molar-refractivity contribution in [2.75, 3.05) is 26.2 Å². The molecule has 0 saturated heterocycles. The second-order valence-electron chi connectivity index (χ2n) is 8.13. The fourth-order valence-corrected chi connectivity index (χ4v) is 3.48. The average molecular weight is 417 g/mol. The van der Waals surface area contributed by atoms with E-state index in [1.807, 2.05) is 12.1 Å². The number of benzene rings is 2. The highest BCUT2D eigenvalue weighted by Gasteiger charge is 2.20. The van der Waals surface area contributed by atoms with Gasteiger partial charge in [-0.1, -0.05) is 82.6 Å². The van der Waals surface area contributed by atoms with E-state index in [0.29, 0.717) is 17.3 Å². The number of hydrogen-bond donors (Lipinski definition) is 1. The normalized spacial score (nSPS) is 12.7. The molecule has 158 valence electrons. The van der Waals surface area contributed by atoms with Crippen LogP contribution in [0.2, 0.25) is 5.02 Å². The van der Waals surface area contributed by atoms with Gasteiger partial charge in [0.1, 0.15) is 5.75 Å². The van der Waals surface area contributed by atoms with Crippen LogP contribution >= 0.6 is 11.6 Å². The summed E-state index contributed by atoms with van der Waals surface area (Å²) >= 11 is 6.08. The van der Waals surface area contributed by atoms with Crippen molar-refractivity contribution in [3.63, 3.8) is 0 Å². The van der Waals surface area contributed by atoms with Gasteiger partial charge in [0, 0.05) is 6.54 Å². The summed E-state index contributed by atoms with van der Waals surface area (Å²) in [6, 6.07) is 16.0. The van der Waals surface area contributed by atoms with Crippen LogP contribution in [0.1, 0.15) is 51.8 Å². The van der Waals surface area contributed by atoms with E-state index in [1.54, 1.807) is 12.1 Å². The highest BCUT2D eigenvalue weighted by Crippen LogP contribution is 2.26. The minimum atomic E-state index is -0.159. The summed E-state index contributed by atoms with van der Waals surface area (Å²) in [7, 11) is 0. The lowest BCUT2D eigenvalue weighted by atomic mass is 9.86. The van der Waals surface area contributed by atoms with E-state index in [9.17, 15) is 4.79 Å². The number of carbonyl (C=O) groups is 1. The van der Waals surface area contributed by atoms with Crippen molar-refractivity contribution in [1.29, 1.82) is 0 Å². The van der Waals surface area contributed by atoms with E-state index >= 15 is 0 Å². The van der Waals surface area contributed by atoms with Crippen LogP contribution in [0.4, 0.5) is 0 Å². The van der Waals surface area contributed by atoms with Crippen LogP contribution in [0.5, 0.6) is 5.75 Å². The number of para-hydroxylation sites is 1. The monoisotopic (exact) mass is 416 g/mol. The first-order valence-corrected chi connectivity index (χ1v) is 10.6. The zero-order chi connectivity index (χ0) is 21.4. The van der Waals surface area contributed by atoms with Crippen LogP contribution in [0.3, 0.4) is 0 Å². The van der Waals surface area contributed by atoms with Crippen molar-refractivity contribution in [3.8, 4) is 5.75 Å². The molecule has 0 heterocycles. The van der Waals surface area contributed by atoms with Gasteiger partial charge in [-0.2, -0.15) is 0 Å². The number of nitrogens with zero attached hydrogens (tertiary/aromatic N) is 1. The molecule has 2 aromatic carbocycles. The van der Waals surface area contributed by atoms with Gasteiger partial charge in [0.15, 0.2) is 6.61 Å². The fourth-order valence-electron chi connectivity index (χ4n) is 3.29. The predicted octanol–water partition coefficient (Wildman–Crippen LogP) is 5.22. The summed E-state index contributed by atoms with van der Waals surface area (Å²) in [5, 5.41) is 3.52. The summed E-state index contributed by atoms with van der Waals surface area (Å²) < 4.78 is 5.55. The van der Waals surface area contributed by atoms with Gasteiger partial charge >= 0.3 is 0 Å². The molecule has 0 unspecified atom stereocenters. The Morgan fingerprint density at radius 1 is 1.07 bits per heavy atom. The van der Waals surface area contributed by atoms with Crippen LogP contribution in [0.15, 0.2) is 48.5 Å². The van der Waals surface area contributed by atoms with Gasteiger partial charge < -0.3 is 10.1 Å². The Balaban J connectivity index is 2.03. The lowest BCUT2D eigenvalue weighted by Crippen LogP contribution is -2.39. The van der Waals surface area contributed by atoms with Gasteiger partial charge in [-0.3, -0.25) is 9.69 Å². The summed E-state index contributed by atoms with van der Waals surface area (Å²) in [5.74, 6) is 0.357. The topological polar surface area (TPSA) is 41.6 Å². The molecular weight excluding hydrogens is 384 g/mol. The minimum Gasteiger partial charge on any atom is -0.482 e. The number of halogens is 1. The SMILES string of the molecule is CCN(CC)[C@H](CNC(=O)COc1ccccc1Cl)c1ccc(C(C)(C)C)cc1. The molecule has 2 rings (SSSR count). The Bertz CT molecular complexity index is 780. The number of amides is 1. The number of ether oxygens (including phenoxy) is 1. The predicted molar refractivity (Wildman–Crippen MR) is 121 cm³/mol. The van der Waals surface area contributed by atoms with Gasteiger partial charge in [-0.25, -0.2) is 0 Å². The molecule has 0 aromatic heterocycles. The molecule has 29 heavy (non-hydrogen) atoms. The highest BCUT2D eigenvalue weighted by molar-refractivity contribution is 6.32. The zero-order valence-corrected chi connectivity index (χ0v) is 18.9. The zero-order valence-electron chi connectivity index (χ0n) is 18.2. The number of nitrogens with one attached hydrogen (secondary N) is 1. The van der Waals surface area contributed by atoms with Crippen LogP contribution in [0.25, 0.3) is 0 Å². The largest absolute Gasteiger partial charge is 0.482 e. The summed E-state index contributed by atoms with van der Waals surface area (Å²) in [4.78, 5) is 14.7. The minimum absolute atomic E-state index is 0.0579. The van der Waals surface area contributed by atoms with Crippen LogP contribution < -0.4 is 10.1 Å². The second-order valence-corrected chi connectivity index (χ2v) is 8.54. The summed E-state index contributed by atoms with van der Waals surface area (Å²) in [6.45, 7) is 13.2. The third kappa shape index (κ3) is 6.76. The van der Waals surface area contributed by atoms with Gasteiger partial charge in [0.05, 0.1) is 11.1 Å². The van der Waals surface area contributed by atoms with E-state index in [4.69, 9.17) is 16.3 Å². The van der Waals surface area contributed by atoms with Gasteiger partial charge in [0.25, 0.3) is 5.91 Å². The van der Waals surface area contributed by atoms with E-state index < -0.39 is 0 Å². The molecule has 1 atom stereocenters. The third-order valence-corrected chi connectivity index (χ3v) is 5.41. The molecule has 0 spiro atoms. The Hall–Kier alpha value is -2.04. The lowest BCUT2D eigenvalue weighted by molar-refractivity contribution is -0.123. The van der Waals surface area contributed by atoms with Crippen molar-refractivity contribution in [2.24, 2.45) is 0 Å². The Morgan fingerprint density at radius 3 is 2.24 bits per heavy atom. The quantitative estimate of drug-likeness (QED) is 0.609. The van der Waals surface area contributed by atoms with Crippen molar-refractivity contribution in [2.45, 2.75) is 46.1 Å². The van der Waals surface area contributed by atoms with E-state index in [0.717, 1.165) is 13.1 Å². The van der Waals surface area contributed by atoms with Crippen LogP contribution in [-0.4, -0.2) is 37.0 Å². The highest BCUT2D eigenvalue weighted by atomic mass is 35.5. The maximum atomic E-state index is 12.4. The Morgan fingerprint density at radius 2 is 1.69 bits per heavy atom. The number of likely N-dealkylation sites (N-methyl/N-ethyl adjacent to an activating group) is 1. The van der Waals surface area contributed by atoms with Crippen molar-refractivity contribution in [1.82, 2.24) is 10.2 Å². The molecule has 0 bridgehead atoms. The Labute approximate surface area is 180 Å². The molecule has 0 saturated carbocycles. The molecule has 0 aliphatic carbocycles. The molecule has 5 heteroatoms. The fraction of sp³-hybridized carbons (Fsp3) is 0.458. The molecule has 4 nitrogen and oxygen atoms in total. The van der Waals surface area contributed by atoms with Crippen molar-refractivity contribution < 1.29 is 9.53 Å². The van der Waals surface area contributed by atoms with Gasteiger partial charge in [-0.15, -0.1) is 0 Å².